The number of rotatable bonds is 2. The van der Waals surface area contributed by atoms with Crippen molar-refractivity contribution in [1.82, 2.24) is 15.1 Å². The topological polar surface area (TPSA) is 60.1 Å². The van der Waals surface area contributed by atoms with Crippen molar-refractivity contribution in [3.05, 3.63) is 70.0 Å². The fourth-order valence-corrected chi connectivity index (χ4v) is 1.90. The third-order valence-electron chi connectivity index (χ3n) is 3.05. The summed E-state index contributed by atoms with van der Waals surface area (Å²) in [6.45, 7) is 1.98. The van der Waals surface area contributed by atoms with E-state index >= 15 is 0 Å². The summed E-state index contributed by atoms with van der Waals surface area (Å²) in [6.07, 6.45) is 1.61. The summed E-state index contributed by atoms with van der Waals surface area (Å²) in [4.78, 5) is 13.2. The fourth-order valence-electron chi connectivity index (χ4n) is 1.90. The molecule has 2 aromatic carbocycles. The molecule has 3 aromatic rings. The second kappa shape index (κ2) is 5.05. The predicted octanol–water partition coefficient (Wildman–Crippen LogP) is 1.98. The highest BCUT2D eigenvalue weighted by Crippen LogP contribution is 2.05. The van der Waals surface area contributed by atoms with E-state index in [-0.39, 0.29) is 5.56 Å². The zero-order valence-corrected chi connectivity index (χ0v) is 10.9. The molecule has 0 saturated heterocycles. The van der Waals surface area contributed by atoms with Gasteiger partial charge in [-0.15, -0.1) is 5.10 Å². The van der Waals surface area contributed by atoms with E-state index in [1.807, 2.05) is 37.3 Å². The average Bonchev–Trinajstić information content (AvgIpc) is 2.48. The van der Waals surface area contributed by atoms with Crippen molar-refractivity contribution in [3.63, 3.8) is 0 Å². The van der Waals surface area contributed by atoms with E-state index in [9.17, 15) is 4.79 Å². The molecule has 20 heavy (non-hydrogen) atoms. The lowest BCUT2D eigenvalue weighted by atomic mass is 10.1. The van der Waals surface area contributed by atoms with Crippen molar-refractivity contribution in [2.75, 3.05) is 0 Å². The van der Waals surface area contributed by atoms with Gasteiger partial charge in [0.1, 0.15) is 5.52 Å². The molecule has 1 heterocycles. The lowest BCUT2D eigenvalue weighted by Crippen LogP contribution is -2.20. The molecule has 0 N–H and O–H groups in total. The van der Waals surface area contributed by atoms with Crippen molar-refractivity contribution < 1.29 is 0 Å². The summed E-state index contributed by atoms with van der Waals surface area (Å²) < 4.78 is 0. The molecule has 3 rings (SSSR count). The molecule has 0 spiro atoms. The minimum absolute atomic E-state index is 0.277. The van der Waals surface area contributed by atoms with Gasteiger partial charge in [-0.05, 0) is 35.4 Å². The fraction of sp³-hybridized carbons (Fsp3) is 0.0667. The van der Waals surface area contributed by atoms with Crippen LogP contribution in [-0.4, -0.2) is 21.3 Å². The highest BCUT2D eigenvalue weighted by atomic mass is 16.1. The van der Waals surface area contributed by atoms with Gasteiger partial charge >= 0.3 is 0 Å². The quantitative estimate of drug-likeness (QED) is 0.665. The Hall–Kier alpha value is -2.82. The van der Waals surface area contributed by atoms with Gasteiger partial charge in [0.2, 0.25) is 0 Å². The summed E-state index contributed by atoms with van der Waals surface area (Å²) in [6, 6.07) is 14.9. The van der Waals surface area contributed by atoms with Crippen LogP contribution in [0.1, 0.15) is 11.1 Å². The first-order valence-corrected chi connectivity index (χ1v) is 6.20. The van der Waals surface area contributed by atoms with Gasteiger partial charge in [0, 0.05) is 0 Å². The van der Waals surface area contributed by atoms with E-state index < -0.39 is 0 Å². The summed E-state index contributed by atoms with van der Waals surface area (Å²) in [5.74, 6) is 0. The molecule has 0 saturated carbocycles. The van der Waals surface area contributed by atoms with E-state index in [0.29, 0.717) is 10.9 Å². The summed E-state index contributed by atoms with van der Waals surface area (Å²) in [5.41, 5.74) is 2.31. The standard InChI is InChI=1S/C15H12N4O/c1-11-6-2-3-7-12(11)10-16-19-15(20)13-8-4-5-9-14(13)17-18-19/h2-10H,1H3/b16-10+. The number of aryl methyl sites for hydroxylation is 1. The second-order valence-corrected chi connectivity index (χ2v) is 4.40. The van der Waals surface area contributed by atoms with Gasteiger partial charge in [0.15, 0.2) is 0 Å². The van der Waals surface area contributed by atoms with Crippen LogP contribution in [0.4, 0.5) is 0 Å². The minimum Gasteiger partial charge on any atom is -0.265 e. The van der Waals surface area contributed by atoms with Crippen LogP contribution in [0, 0.1) is 6.92 Å². The van der Waals surface area contributed by atoms with Crippen LogP contribution in [0.25, 0.3) is 10.9 Å². The molecular formula is C15H12N4O. The van der Waals surface area contributed by atoms with Crippen LogP contribution in [0.15, 0.2) is 58.4 Å². The van der Waals surface area contributed by atoms with Crippen molar-refractivity contribution in [1.29, 1.82) is 0 Å². The Labute approximate surface area is 115 Å². The van der Waals surface area contributed by atoms with Crippen molar-refractivity contribution in [2.45, 2.75) is 6.92 Å². The molecule has 98 valence electrons. The number of benzene rings is 2. The molecule has 0 unspecified atom stereocenters. The number of fused-ring (bicyclic) bond motifs is 1. The number of nitrogens with zero attached hydrogens (tertiary/aromatic N) is 4. The number of aromatic nitrogens is 3. The Morgan fingerprint density at radius 1 is 1.10 bits per heavy atom. The zero-order valence-electron chi connectivity index (χ0n) is 10.9. The first kappa shape index (κ1) is 12.2. The van der Waals surface area contributed by atoms with E-state index in [2.05, 4.69) is 15.4 Å². The highest BCUT2D eigenvalue weighted by molar-refractivity contribution is 5.81. The molecule has 5 heteroatoms. The average molecular weight is 264 g/mol. The van der Waals surface area contributed by atoms with Crippen LogP contribution in [-0.2, 0) is 0 Å². The molecule has 0 atom stereocenters. The van der Waals surface area contributed by atoms with Gasteiger partial charge in [-0.3, -0.25) is 4.79 Å². The smallest absolute Gasteiger partial charge is 0.265 e. The van der Waals surface area contributed by atoms with Gasteiger partial charge in [0.05, 0.1) is 11.6 Å². The zero-order chi connectivity index (χ0) is 13.9. The number of hydrogen-bond donors (Lipinski definition) is 0. The third kappa shape index (κ3) is 2.21. The largest absolute Gasteiger partial charge is 0.299 e. The first-order valence-electron chi connectivity index (χ1n) is 6.20. The Balaban J connectivity index is 2.06. The predicted molar refractivity (Wildman–Crippen MR) is 78.0 cm³/mol. The van der Waals surface area contributed by atoms with E-state index in [0.717, 1.165) is 15.9 Å². The Morgan fingerprint density at radius 3 is 2.70 bits per heavy atom. The Morgan fingerprint density at radius 2 is 1.85 bits per heavy atom. The monoisotopic (exact) mass is 264 g/mol. The van der Waals surface area contributed by atoms with Crippen molar-refractivity contribution in [2.24, 2.45) is 5.10 Å². The minimum atomic E-state index is -0.277. The first-order chi connectivity index (χ1) is 9.75. The van der Waals surface area contributed by atoms with Crippen LogP contribution >= 0.6 is 0 Å². The van der Waals surface area contributed by atoms with Crippen LogP contribution in [0.5, 0.6) is 0 Å². The molecular weight excluding hydrogens is 252 g/mol. The van der Waals surface area contributed by atoms with Crippen molar-refractivity contribution >= 4 is 17.1 Å². The molecule has 0 amide bonds. The molecule has 0 radical (unpaired) electrons. The van der Waals surface area contributed by atoms with Gasteiger partial charge in [-0.1, -0.05) is 41.2 Å². The Bertz CT molecular complexity index is 852. The Kier molecular flexibility index (Phi) is 3.09. The molecule has 0 bridgehead atoms. The van der Waals surface area contributed by atoms with Crippen LogP contribution in [0.3, 0.4) is 0 Å². The van der Waals surface area contributed by atoms with Crippen LogP contribution in [0.2, 0.25) is 0 Å². The molecule has 0 aliphatic rings. The van der Waals surface area contributed by atoms with Gasteiger partial charge in [0.25, 0.3) is 5.56 Å². The highest BCUT2D eigenvalue weighted by Gasteiger charge is 2.03. The normalized spacial score (nSPS) is 11.2. The molecule has 5 nitrogen and oxygen atoms in total. The molecule has 0 aliphatic heterocycles. The molecule has 1 aromatic heterocycles. The maximum Gasteiger partial charge on any atom is 0.299 e. The number of hydrogen-bond acceptors (Lipinski definition) is 4. The second-order valence-electron chi connectivity index (χ2n) is 4.40. The lowest BCUT2D eigenvalue weighted by molar-refractivity contribution is 0.641. The summed E-state index contributed by atoms with van der Waals surface area (Å²) >= 11 is 0. The third-order valence-corrected chi connectivity index (χ3v) is 3.05. The van der Waals surface area contributed by atoms with Crippen LogP contribution < -0.4 is 5.56 Å². The van der Waals surface area contributed by atoms with E-state index in [1.54, 1.807) is 24.4 Å². The SMILES string of the molecule is Cc1ccccc1/C=N/n1nnc2ccccc2c1=O. The van der Waals surface area contributed by atoms with Gasteiger partial charge in [-0.2, -0.15) is 5.10 Å². The van der Waals surface area contributed by atoms with Crippen molar-refractivity contribution in [3.8, 4) is 0 Å². The van der Waals surface area contributed by atoms with E-state index in [4.69, 9.17) is 0 Å². The van der Waals surface area contributed by atoms with Gasteiger partial charge in [-0.25, -0.2) is 0 Å². The maximum absolute atomic E-state index is 12.2. The maximum atomic E-state index is 12.2. The summed E-state index contributed by atoms with van der Waals surface area (Å²) in [7, 11) is 0. The lowest BCUT2D eigenvalue weighted by Gasteiger charge is -2.00. The molecule has 0 fully saturated rings. The van der Waals surface area contributed by atoms with Gasteiger partial charge < -0.3 is 0 Å². The molecule has 0 aliphatic carbocycles. The summed E-state index contributed by atoms with van der Waals surface area (Å²) in [5, 5.41) is 12.4. The van der Waals surface area contributed by atoms with E-state index in [1.165, 1.54) is 0 Å².